The quantitative estimate of drug-likeness (QED) is 0.168. The number of aromatic hydroxyl groups is 1. The third kappa shape index (κ3) is 6.70. The fourth-order valence-corrected chi connectivity index (χ4v) is 6.59. The largest absolute Gasteiger partial charge is 0.494 e. The number of sulfonamides is 1. The van der Waals surface area contributed by atoms with E-state index in [1.807, 2.05) is 97.9 Å². The minimum atomic E-state index is -3.64. The van der Waals surface area contributed by atoms with Gasteiger partial charge < -0.3 is 15.0 Å². The summed E-state index contributed by atoms with van der Waals surface area (Å²) >= 11 is 3.49. The van der Waals surface area contributed by atoms with Gasteiger partial charge in [0.25, 0.3) is 0 Å². The van der Waals surface area contributed by atoms with Crippen molar-refractivity contribution < 1.29 is 13.5 Å². The number of aliphatic imine (C=N–C) groups is 1. The number of hydrogen-bond donors (Lipinski definition) is 2. The molecule has 5 rings (SSSR count). The summed E-state index contributed by atoms with van der Waals surface area (Å²) in [6, 6.07) is 31.8. The predicted molar refractivity (Wildman–Crippen MR) is 171 cm³/mol. The lowest BCUT2D eigenvalue weighted by Gasteiger charge is -2.26. The first-order valence-corrected chi connectivity index (χ1v) is 15.6. The van der Waals surface area contributed by atoms with Crippen LogP contribution in [0.15, 0.2) is 113 Å². The summed E-state index contributed by atoms with van der Waals surface area (Å²) in [4.78, 5) is 9.97. The van der Waals surface area contributed by atoms with E-state index >= 15 is 0 Å². The van der Waals surface area contributed by atoms with Crippen LogP contribution in [0.3, 0.4) is 0 Å². The first kappa shape index (κ1) is 28.6. The number of nitrogens with one attached hydrogen (secondary N) is 1. The van der Waals surface area contributed by atoms with E-state index in [0.29, 0.717) is 35.7 Å². The molecule has 41 heavy (non-hydrogen) atoms. The number of nitrogens with zero attached hydrogens (tertiary/aromatic N) is 3. The van der Waals surface area contributed by atoms with Gasteiger partial charge in [-0.25, -0.2) is 13.4 Å². The van der Waals surface area contributed by atoms with Crippen molar-refractivity contribution in [2.75, 3.05) is 31.5 Å². The Morgan fingerprint density at radius 2 is 1.54 bits per heavy atom. The van der Waals surface area contributed by atoms with Crippen LogP contribution in [0.2, 0.25) is 0 Å². The molecule has 0 aliphatic rings. The van der Waals surface area contributed by atoms with Crippen molar-refractivity contribution in [2.24, 2.45) is 4.99 Å². The Labute approximate surface area is 249 Å². The number of aromatic nitrogens is 1. The van der Waals surface area contributed by atoms with Crippen LogP contribution in [0.5, 0.6) is 5.88 Å². The number of rotatable bonds is 10. The Morgan fingerprint density at radius 3 is 2.20 bits per heavy atom. The van der Waals surface area contributed by atoms with Crippen LogP contribution in [-0.2, 0) is 15.8 Å². The minimum absolute atomic E-state index is 0.0270. The van der Waals surface area contributed by atoms with E-state index in [4.69, 9.17) is 4.99 Å². The van der Waals surface area contributed by atoms with E-state index in [2.05, 4.69) is 20.9 Å². The third-order valence-corrected chi connectivity index (χ3v) is 8.94. The lowest BCUT2D eigenvalue weighted by molar-refractivity contribution is 0.419. The zero-order valence-electron chi connectivity index (χ0n) is 22.8. The van der Waals surface area contributed by atoms with E-state index in [9.17, 15) is 13.5 Å². The summed E-state index contributed by atoms with van der Waals surface area (Å²) in [5.41, 5.74) is 4.77. The van der Waals surface area contributed by atoms with Gasteiger partial charge in [-0.2, -0.15) is 0 Å². The molecule has 0 spiro atoms. The summed E-state index contributed by atoms with van der Waals surface area (Å²) in [6.45, 7) is 0.890. The van der Waals surface area contributed by atoms with Crippen molar-refractivity contribution in [1.82, 2.24) is 9.88 Å². The van der Waals surface area contributed by atoms with Gasteiger partial charge in [0, 0.05) is 28.5 Å². The highest BCUT2D eigenvalue weighted by Gasteiger charge is 2.24. The lowest BCUT2D eigenvalue weighted by Crippen LogP contribution is -2.37. The maximum atomic E-state index is 13.5. The average Bonchev–Trinajstić information content (AvgIpc) is 3.27. The first-order chi connectivity index (χ1) is 19.7. The van der Waals surface area contributed by atoms with E-state index < -0.39 is 10.0 Å². The lowest BCUT2D eigenvalue weighted by atomic mass is 10.0. The second-order valence-corrected chi connectivity index (χ2v) is 12.8. The molecule has 0 fully saturated rings. The Hall–Kier alpha value is -3.92. The normalized spacial score (nSPS) is 12.2. The van der Waals surface area contributed by atoms with Gasteiger partial charge in [0.15, 0.2) is 5.88 Å². The minimum Gasteiger partial charge on any atom is -0.494 e. The van der Waals surface area contributed by atoms with E-state index in [1.165, 1.54) is 4.31 Å². The second-order valence-electron chi connectivity index (χ2n) is 10.00. The summed E-state index contributed by atoms with van der Waals surface area (Å²) in [5.74, 6) is -0.0610. The molecule has 1 heterocycles. The van der Waals surface area contributed by atoms with Gasteiger partial charge in [0.2, 0.25) is 10.0 Å². The molecule has 1 aromatic heterocycles. The Bertz CT molecular complexity index is 1770. The third-order valence-electron chi connectivity index (χ3n) is 6.68. The first-order valence-electron chi connectivity index (χ1n) is 13.1. The molecule has 4 aromatic carbocycles. The zero-order valence-corrected chi connectivity index (χ0v) is 25.2. The van der Waals surface area contributed by atoms with Crippen molar-refractivity contribution in [3.8, 4) is 5.88 Å². The van der Waals surface area contributed by atoms with Gasteiger partial charge >= 0.3 is 0 Å². The van der Waals surface area contributed by atoms with Gasteiger partial charge in [-0.05, 0) is 56.1 Å². The molecule has 5 aromatic rings. The van der Waals surface area contributed by atoms with E-state index in [-0.39, 0.29) is 11.6 Å². The molecule has 0 radical (unpaired) electrons. The number of benzene rings is 4. The average molecular weight is 632 g/mol. The van der Waals surface area contributed by atoms with Crippen molar-refractivity contribution >= 4 is 53.9 Å². The van der Waals surface area contributed by atoms with Gasteiger partial charge in [0.05, 0.1) is 33.9 Å². The second kappa shape index (κ2) is 12.3. The highest BCUT2D eigenvalue weighted by atomic mass is 79.9. The molecule has 9 heteroatoms. The number of anilines is 1. The topological polar surface area (TPSA) is 89.0 Å². The number of likely N-dealkylation sites (N-methyl/N-ethyl adjacent to an activating group) is 1. The summed E-state index contributed by atoms with van der Waals surface area (Å²) in [7, 11) is 0.199. The highest BCUT2D eigenvalue weighted by Crippen LogP contribution is 2.33. The molecule has 210 valence electrons. The van der Waals surface area contributed by atoms with Gasteiger partial charge in [-0.3, -0.25) is 4.31 Å². The Balaban J connectivity index is 1.54. The molecule has 0 aliphatic carbocycles. The monoisotopic (exact) mass is 630 g/mol. The van der Waals surface area contributed by atoms with Crippen LogP contribution in [-0.4, -0.2) is 56.3 Å². The fourth-order valence-electron chi connectivity index (χ4n) is 4.66. The van der Waals surface area contributed by atoms with E-state index in [1.54, 1.807) is 24.3 Å². The van der Waals surface area contributed by atoms with Crippen molar-refractivity contribution in [2.45, 2.75) is 5.75 Å². The van der Waals surface area contributed by atoms with Crippen molar-refractivity contribution in [1.29, 1.82) is 0 Å². The molecule has 0 atom stereocenters. The van der Waals surface area contributed by atoms with Crippen LogP contribution in [0, 0.1) is 0 Å². The Morgan fingerprint density at radius 1 is 0.878 bits per heavy atom. The molecule has 0 unspecified atom stereocenters. The Kier molecular flexibility index (Phi) is 8.58. The fraction of sp³-hybridized carbons (Fsp3) is 0.156. The maximum Gasteiger partial charge on any atom is 0.239 e. The van der Waals surface area contributed by atoms with Gasteiger partial charge in [-0.1, -0.05) is 82.7 Å². The van der Waals surface area contributed by atoms with Crippen LogP contribution in [0.4, 0.5) is 11.4 Å². The van der Waals surface area contributed by atoms with Crippen molar-refractivity contribution in [3.63, 3.8) is 0 Å². The number of aromatic amines is 1. The van der Waals surface area contributed by atoms with Gasteiger partial charge in [0.1, 0.15) is 0 Å². The van der Waals surface area contributed by atoms with E-state index in [0.717, 1.165) is 26.5 Å². The molecule has 0 bridgehead atoms. The summed E-state index contributed by atoms with van der Waals surface area (Å²) in [5, 5.41) is 11.8. The smallest absolute Gasteiger partial charge is 0.239 e. The number of hydrogen-bond acceptors (Lipinski definition) is 5. The summed E-state index contributed by atoms with van der Waals surface area (Å²) in [6.07, 6.45) is 0. The number of H-pyrrole nitrogens is 1. The molecular formula is C32H31BrN4O3S. The maximum absolute atomic E-state index is 13.5. The molecule has 0 amide bonds. The molecular weight excluding hydrogens is 600 g/mol. The SMILES string of the molecule is CN(C)CCN(c1ccc(N=C(c2ccccc2)c2c(O)[nH]c3cc(Br)ccc23)cc1)S(=O)(=O)Cc1ccccc1. The van der Waals surface area contributed by atoms with Crippen molar-refractivity contribution in [3.05, 3.63) is 124 Å². The van der Waals surface area contributed by atoms with Crippen LogP contribution >= 0.6 is 15.9 Å². The standard InChI is InChI=1S/C32H31BrN4O3S/c1-36(2)19-20-37(41(39,40)22-23-9-5-3-6-10-23)27-16-14-26(15-17-27)34-31(24-11-7-4-8-12-24)30-28-18-13-25(33)21-29(28)35-32(30)38/h3-18,21,35,38H,19-20,22H2,1-2H3. The molecule has 2 N–H and O–H groups in total. The highest BCUT2D eigenvalue weighted by molar-refractivity contribution is 9.10. The molecule has 0 aliphatic heterocycles. The van der Waals surface area contributed by atoms with Crippen LogP contribution in [0.25, 0.3) is 10.9 Å². The van der Waals surface area contributed by atoms with Crippen LogP contribution in [0.1, 0.15) is 16.7 Å². The molecule has 7 nitrogen and oxygen atoms in total. The van der Waals surface area contributed by atoms with Crippen LogP contribution < -0.4 is 4.31 Å². The summed E-state index contributed by atoms with van der Waals surface area (Å²) < 4.78 is 29.5. The zero-order chi connectivity index (χ0) is 29.0. The predicted octanol–water partition coefficient (Wildman–Crippen LogP) is 6.70. The molecule has 0 saturated heterocycles. The number of fused-ring (bicyclic) bond motifs is 1. The van der Waals surface area contributed by atoms with Gasteiger partial charge in [-0.15, -0.1) is 0 Å². The molecule has 0 saturated carbocycles. The number of halogens is 1.